The number of pyridine rings is 1. The first-order valence-electron chi connectivity index (χ1n) is 8.81. The van der Waals surface area contributed by atoms with Crippen LogP contribution in [0.15, 0.2) is 53.1 Å². The van der Waals surface area contributed by atoms with Gasteiger partial charge >= 0.3 is 0 Å². The van der Waals surface area contributed by atoms with Gasteiger partial charge in [0.25, 0.3) is 5.91 Å². The number of nitrogens with two attached hydrogens (primary N) is 1. The van der Waals surface area contributed by atoms with Crippen LogP contribution in [0.3, 0.4) is 0 Å². The summed E-state index contributed by atoms with van der Waals surface area (Å²) in [5.74, 6) is -0.137. The van der Waals surface area contributed by atoms with Crippen LogP contribution in [0.1, 0.15) is 10.4 Å². The summed E-state index contributed by atoms with van der Waals surface area (Å²) in [6.07, 6.45) is 2.06. The molecule has 2 aromatic carbocycles. The lowest BCUT2D eigenvalue weighted by atomic mass is 10.0. The van der Waals surface area contributed by atoms with Crippen LogP contribution in [-0.4, -0.2) is 28.5 Å². The number of benzene rings is 2. The number of aromatic nitrogens is 2. The van der Waals surface area contributed by atoms with E-state index in [0.29, 0.717) is 18.7 Å². The Balaban J connectivity index is 1.98. The van der Waals surface area contributed by atoms with Crippen molar-refractivity contribution in [1.29, 1.82) is 0 Å². The number of nitrogens with one attached hydrogen (secondary N) is 1. The predicted molar refractivity (Wildman–Crippen MR) is 125 cm³/mol. The van der Waals surface area contributed by atoms with Crippen LogP contribution in [0.2, 0.25) is 0 Å². The van der Waals surface area contributed by atoms with Gasteiger partial charge in [0.05, 0.1) is 16.8 Å². The largest absolute Gasteiger partial charge is 0.351 e. The molecule has 0 unspecified atom stereocenters. The van der Waals surface area contributed by atoms with E-state index in [2.05, 4.69) is 66.7 Å². The maximum absolute atomic E-state index is 12.8. The second-order valence-electron chi connectivity index (χ2n) is 6.58. The highest BCUT2D eigenvalue weighted by atomic mass is 127. The molecule has 0 spiro atoms. The van der Waals surface area contributed by atoms with E-state index >= 15 is 0 Å². The fraction of sp³-hybridized carbons (Fsp3) is 0.143. The zero-order valence-electron chi connectivity index (χ0n) is 15.2. The maximum atomic E-state index is 12.8. The van der Waals surface area contributed by atoms with Gasteiger partial charge in [-0.25, -0.2) is 4.98 Å². The van der Waals surface area contributed by atoms with Crippen molar-refractivity contribution in [2.45, 2.75) is 0 Å². The molecular formula is C21H18BrIN4O. The second kappa shape index (κ2) is 7.81. The number of aryl methyl sites for hydroxylation is 1. The second-order valence-corrected chi connectivity index (χ2v) is 8.74. The van der Waals surface area contributed by atoms with Gasteiger partial charge in [0.1, 0.15) is 0 Å². The monoisotopic (exact) mass is 548 g/mol. The molecule has 4 aromatic rings. The van der Waals surface area contributed by atoms with E-state index in [1.54, 1.807) is 0 Å². The number of nitrogens with zero attached hydrogens (tertiary/aromatic N) is 2. The van der Waals surface area contributed by atoms with E-state index in [9.17, 15) is 4.79 Å². The molecule has 28 heavy (non-hydrogen) atoms. The molecule has 0 fully saturated rings. The number of amides is 1. The van der Waals surface area contributed by atoms with Gasteiger partial charge in [-0.05, 0) is 59.0 Å². The number of hydrogen-bond acceptors (Lipinski definition) is 3. The SMILES string of the molecule is Cn1cc(-c2cc(C(=O)NCCN)c3ccc(I)cc3n2)c2cc(Br)ccc21. The highest BCUT2D eigenvalue weighted by Gasteiger charge is 2.17. The van der Waals surface area contributed by atoms with Crippen LogP contribution in [0.5, 0.6) is 0 Å². The van der Waals surface area contributed by atoms with Gasteiger partial charge in [-0.1, -0.05) is 22.0 Å². The van der Waals surface area contributed by atoms with E-state index in [-0.39, 0.29) is 5.91 Å². The highest BCUT2D eigenvalue weighted by molar-refractivity contribution is 14.1. The van der Waals surface area contributed by atoms with Crippen molar-refractivity contribution in [3.8, 4) is 11.3 Å². The first-order valence-corrected chi connectivity index (χ1v) is 10.7. The van der Waals surface area contributed by atoms with Gasteiger partial charge in [0, 0.05) is 56.2 Å². The minimum atomic E-state index is -0.137. The van der Waals surface area contributed by atoms with Crippen molar-refractivity contribution < 1.29 is 4.79 Å². The van der Waals surface area contributed by atoms with E-state index in [1.807, 2.05) is 37.4 Å². The third-order valence-electron chi connectivity index (χ3n) is 4.67. The summed E-state index contributed by atoms with van der Waals surface area (Å²) >= 11 is 5.82. The molecule has 0 atom stereocenters. The number of carbonyl (C=O) groups excluding carboxylic acids is 1. The summed E-state index contributed by atoms with van der Waals surface area (Å²) in [5, 5.41) is 4.80. The van der Waals surface area contributed by atoms with Gasteiger partial charge in [-0.3, -0.25) is 4.79 Å². The fourth-order valence-electron chi connectivity index (χ4n) is 3.38. The Morgan fingerprint density at radius 3 is 2.82 bits per heavy atom. The molecule has 4 rings (SSSR count). The fourth-order valence-corrected chi connectivity index (χ4v) is 4.21. The standard InChI is InChI=1S/C21H18BrIN4O/c1-27-11-17(15-8-12(22)2-5-20(15)27)19-10-16(21(28)25-7-6-24)14-4-3-13(23)9-18(14)26-19/h2-5,8-11H,6-7,24H2,1H3,(H,25,28). The summed E-state index contributed by atoms with van der Waals surface area (Å²) < 4.78 is 4.15. The Labute approximate surface area is 184 Å². The average Bonchev–Trinajstić information content (AvgIpc) is 3.00. The third kappa shape index (κ3) is 3.54. The normalized spacial score (nSPS) is 11.3. The minimum absolute atomic E-state index is 0.137. The summed E-state index contributed by atoms with van der Waals surface area (Å²) in [5.41, 5.74) is 9.84. The minimum Gasteiger partial charge on any atom is -0.351 e. The molecular weight excluding hydrogens is 531 g/mol. The number of carbonyl (C=O) groups is 1. The molecule has 0 bridgehead atoms. The van der Waals surface area contributed by atoms with E-state index in [1.165, 1.54) is 0 Å². The molecule has 2 heterocycles. The Morgan fingerprint density at radius 2 is 2.04 bits per heavy atom. The molecule has 0 saturated carbocycles. The molecule has 0 aliphatic rings. The van der Waals surface area contributed by atoms with Gasteiger partial charge in [-0.2, -0.15) is 0 Å². The smallest absolute Gasteiger partial charge is 0.252 e. The van der Waals surface area contributed by atoms with Crippen LogP contribution >= 0.6 is 38.5 Å². The van der Waals surface area contributed by atoms with E-state index < -0.39 is 0 Å². The molecule has 1 amide bonds. The molecule has 0 radical (unpaired) electrons. The Hall–Kier alpha value is -1.97. The number of halogens is 2. The number of hydrogen-bond donors (Lipinski definition) is 2. The third-order valence-corrected chi connectivity index (χ3v) is 5.84. The summed E-state index contributed by atoms with van der Waals surface area (Å²) in [4.78, 5) is 17.7. The molecule has 7 heteroatoms. The van der Waals surface area contributed by atoms with Crippen molar-refractivity contribution in [2.75, 3.05) is 13.1 Å². The predicted octanol–water partition coefficient (Wildman–Crippen LogP) is 4.45. The van der Waals surface area contributed by atoms with Crippen LogP contribution in [0, 0.1) is 3.57 Å². The lowest BCUT2D eigenvalue weighted by Gasteiger charge is -2.10. The van der Waals surface area contributed by atoms with Crippen molar-refractivity contribution >= 4 is 66.2 Å². The van der Waals surface area contributed by atoms with Crippen LogP contribution in [0.4, 0.5) is 0 Å². The van der Waals surface area contributed by atoms with Crippen molar-refractivity contribution in [1.82, 2.24) is 14.9 Å². The van der Waals surface area contributed by atoms with Crippen molar-refractivity contribution in [3.63, 3.8) is 0 Å². The van der Waals surface area contributed by atoms with Gasteiger partial charge < -0.3 is 15.6 Å². The Morgan fingerprint density at radius 1 is 1.21 bits per heavy atom. The quantitative estimate of drug-likeness (QED) is 0.370. The molecule has 3 N–H and O–H groups in total. The van der Waals surface area contributed by atoms with Crippen molar-refractivity contribution in [2.24, 2.45) is 12.8 Å². The van der Waals surface area contributed by atoms with Gasteiger partial charge in [0.2, 0.25) is 0 Å². The topological polar surface area (TPSA) is 72.9 Å². The van der Waals surface area contributed by atoms with Crippen LogP contribution in [-0.2, 0) is 7.05 Å². The first-order chi connectivity index (χ1) is 13.5. The maximum Gasteiger partial charge on any atom is 0.252 e. The molecule has 0 aliphatic carbocycles. The zero-order chi connectivity index (χ0) is 19.8. The van der Waals surface area contributed by atoms with Gasteiger partial charge in [0.15, 0.2) is 0 Å². The summed E-state index contributed by atoms with van der Waals surface area (Å²) in [6, 6.07) is 14.0. The van der Waals surface area contributed by atoms with Crippen LogP contribution < -0.4 is 11.1 Å². The average molecular weight is 549 g/mol. The first kappa shape index (κ1) is 19.4. The highest BCUT2D eigenvalue weighted by Crippen LogP contribution is 2.33. The molecule has 5 nitrogen and oxygen atoms in total. The molecule has 0 saturated heterocycles. The lowest BCUT2D eigenvalue weighted by Crippen LogP contribution is -2.29. The lowest BCUT2D eigenvalue weighted by molar-refractivity contribution is 0.0956. The summed E-state index contributed by atoms with van der Waals surface area (Å²) in [7, 11) is 2.01. The number of fused-ring (bicyclic) bond motifs is 2. The van der Waals surface area contributed by atoms with Crippen molar-refractivity contribution in [3.05, 3.63) is 62.3 Å². The zero-order valence-corrected chi connectivity index (χ0v) is 18.9. The summed E-state index contributed by atoms with van der Waals surface area (Å²) in [6.45, 7) is 0.834. The van der Waals surface area contributed by atoms with E-state index in [4.69, 9.17) is 10.7 Å². The number of rotatable bonds is 4. The Bertz CT molecular complexity index is 1220. The van der Waals surface area contributed by atoms with Crippen LogP contribution in [0.25, 0.3) is 33.1 Å². The molecule has 0 aliphatic heterocycles. The Kier molecular flexibility index (Phi) is 5.39. The van der Waals surface area contributed by atoms with Gasteiger partial charge in [-0.15, -0.1) is 0 Å². The van der Waals surface area contributed by atoms with E-state index in [0.717, 1.165) is 41.1 Å². The molecule has 2 aromatic heterocycles. The molecule has 142 valence electrons.